The molecule has 2 heteroatoms. The van der Waals surface area contributed by atoms with Crippen molar-refractivity contribution >= 4 is 5.78 Å². The molecule has 1 rings (SSSR count). The molecule has 0 aromatic rings. The number of carbonyl (C=O) groups excluding carboxylic acids is 1. The molecule has 0 radical (unpaired) electrons. The van der Waals surface area contributed by atoms with Crippen LogP contribution in [0.2, 0.25) is 0 Å². The molecule has 0 spiro atoms. The maximum absolute atomic E-state index is 12.4. The van der Waals surface area contributed by atoms with Crippen LogP contribution in [0.15, 0.2) is 0 Å². The van der Waals surface area contributed by atoms with Crippen LogP contribution in [0.4, 0.5) is 0 Å². The first-order chi connectivity index (χ1) is 9.65. The predicted molar refractivity (Wildman–Crippen MR) is 84.9 cm³/mol. The minimum absolute atomic E-state index is 0.337. The third-order valence-corrected chi connectivity index (χ3v) is 4.72. The van der Waals surface area contributed by atoms with Crippen LogP contribution in [0.3, 0.4) is 0 Å². The van der Waals surface area contributed by atoms with Crippen molar-refractivity contribution in [2.45, 2.75) is 78.1 Å². The molecule has 0 saturated heterocycles. The van der Waals surface area contributed by atoms with E-state index in [4.69, 9.17) is 4.74 Å². The van der Waals surface area contributed by atoms with Crippen LogP contribution >= 0.6 is 0 Å². The summed E-state index contributed by atoms with van der Waals surface area (Å²) in [6, 6.07) is 0. The van der Waals surface area contributed by atoms with Gasteiger partial charge < -0.3 is 4.74 Å². The lowest BCUT2D eigenvalue weighted by molar-refractivity contribution is -0.126. The summed E-state index contributed by atoms with van der Waals surface area (Å²) in [7, 11) is 1.76. The van der Waals surface area contributed by atoms with Gasteiger partial charge in [-0.1, -0.05) is 46.0 Å². The SMILES string of the molecule is COCCC1CCCCC1C(=O)CCCCCC(C)C. The van der Waals surface area contributed by atoms with E-state index in [0.717, 1.165) is 38.2 Å². The fourth-order valence-electron chi connectivity index (χ4n) is 3.46. The van der Waals surface area contributed by atoms with Gasteiger partial charge in [0.1, 0.15) is 5.78 Å². The van der Waals surface area contributed by atoms with Crippen LogP contribution in [0.1, 0.15) is 78.1 Å². The monoisotopic (exact) mass is 282 g/mol. The van der Waals surface area contributed by atoms with E-state index in [1.807, 2.05) is 0 Å². The molecular weight excluding hydrogens is 248 g/mol. The smallest absolute Gasteiger partial charge is 0.136 e. The Balaban J connectivity index is 2.24. The molecule has 0 aromatic carbocycles. The zero-order valence-corrected chi connectivity index (χ0v) is 13.8. The molecule has 1 aliphatic carbocycles. The largest absolute Gasteiger partial charge is 0.385 e. The number of hydrogen-bond donors (Lipinski definition) is 0. The summed E-state index contributed by atoms with van der Waals surface area (Å²) in [5.74, 6) is 2.26. The van der Waals surface area contributed by atoms with Crippen molar-refractivity contribution < 1.29 is 9.53 Å². The number of carbonyl (C=O) groups is 1. The third-order valence-electron chi connectivity index (χ3n) is 4.72. The molecule has 0 N–H and O–H groups in total. The Labute approximate surface area is 125 Å². The highest BCUT2D eigenvalue weighted by molar-refractivity contribution is 5.81. The number of Topliss-reactive ketones (excluding diaryl/α,β-unsaturated/α-hetero) is 1. The van der Waals surface area contributed by atoms with Crippen LogP contribution in [0.5, 0.6) is 0 Å². The summed E-state index contributed by atoms with van der Waals surface area (Å²) < 4.78 is 5.20. The zero-order valence-electron chi connectivity index (χ0n) is 13.8. The molecule has 20 heavy (non-hydrogen) atoms. The van der Waals surface area contributed by atoms with Gasteiger partial charge in [0.15, 0.2) is 0 Å². The van der Waals surface area contributed by atoms with Gasteiger partial charge in [-0.25, -0.2) is 0 Å². The molecule has 2 unspecified atom stereocenters. The zero-order chi connectivity index (χ0) is 14.8. The van der Waals surface area contributed by atoms with E-state index >= 15 is 0 Å². The predicted octanol–water partition coefficient (Wildman–Crippen LogP) is 5.00. The Hall–Kier alpha value is -0.370. The quantitative estimate of drug-likeness (QED) is 0.527. The van der Waals surface area contributed by atoms with Gasteiger partial charge in [-0.3, -0.25) is 4.79 Å². The fraction of sp³-hybridized carbons (Fsp3) is 0.944. The maximum Gasteiger partial charge on any atom is 0.136 e. The van der Waals surface area contributed by atoms with Crippen molar-refractivity contribution in [3.63, 3.8) is 0 Å². The van der Waals surface area contributed by atoms with Gasteiger partial charge in [0.05, 0.1) is 0 Å². The average Bonchev–Trinajstić information content (AvgIpc) is 2.44. The molecule has 2 nitrogen and oxygen atoms in total. The van der Waals surface area contributed by atoms with Gasteiger partial charge in [-0.05, 0) is 37.5 Å². The van der Waals surface area contributed by atoms with Crippen molar-refractivity contribution in [1.29, 1.82) is 0 Å². The van der Waals surface area contributed by atoms with E-state index in [0.29, 0.717) is 17.6 Å². The van der Waals surface area contributed by atoms with Crippen LogP contribution < -0.4 is 0 Å². The molecule has 0 amide bonds. The first-order valence-electron chi connectivity index (χ1n) is 8.66. The van der Waals surface area contributed by atoms with Crippen LogP contribution in [0.25, 0.3) is 0 Å². The molecular formula is C18H34O2. The van der Waals surface area contributed by atoms with Crippen molar-refractivity contribution in [2.24, 2.45) is 17.8 Å². The summed E-state index contributed by atoms with van der Waals surface area (Å²) in [6.07, 6.45) is 11.7. The van der Waals surface area contributed by atoms with E-state index in [1.54, 1.807) is 7.11 Å². The van der Waals surface area contributed by atoms with Gasteiger partial charge in [0.2, 0.25) is 0 Å². The lowest BCUT2D eigenvalue weighted by atomic mass is 9.74. The number of ether oxygens (including phenoxy) is 1. The van der Waals surface area contributed by atoms with Gasteiger partial charge in [0, 0.05) is 26.1 Å². The Morgan fingerprint density at radius 2 is 1.90 bits per heavy atom. The summed E-state index contributed by atoms with van der Waals surface area (Å²) in [5, 5.41) is 0. The molecule has 2 atom stereocenters. The molecule has 0 heterocycles. The summed E-state index contributed by atoms with van der Waals surface area (Å²) in [6.45, 7) is 5.35. The Bertz CT molecular complexity index is 260. The van der Waals surface area contributed by atoms with E-state index < -0.39 is 0 Å². The molecule has 0 bridgehead atoms. The number of methoxy groups -OCH3 is 1. The number of rotatable bonds is 10. The molecule has 118 valence electrons. The lowest BCUT2D eigenvalue weighted by Crippen LogP contribution is -2.28. The molecule has 1 saturated carbocycles. The van der Waals surface area contributed by atoms with Crippen LogP contribution in [0, 0.1) is 17.8 Å². The Morgan fingerprint density at radius 3 is 2.60 bits per heavy atom. The second-order valence-corrected chi connectivity index (χ2v) is 6.89. The summed E-state index contributed by atoms with van der Waals surface area (Å²) >= 11 is 0. The van der Waals surface area contributed by atoms with Gasteiger partial charge >= 0.3 is 0 Å². The first-order valence-corrected chi connectivity index (χ1v) is 8.66. The highest BCUT2D eigenvalue weighted by Gasteiger charge is 2.29. The lowest BCUT2D eigenvalue weighted by Gasteiger charge is -2.30. The van der Waals surface area contributed by atoms with Gasteiger partial charge in [-0.2, -0.15) is 0 Å². The standard InChI is InChI=1S/C18H34O2/c1-15(2)9-5-4-6-12-18(19)17-11-8-7-10-16(17)13-14-20-3/h15-17H,4-14H2,1-3H3. The summed E-state index contributed by atoms with van der Waals surface area (Å²) in [4.78, 5) is 12.4. The second-order valence-electron chi connectivity index (χ2n) is 6.89. The number of hydrogen-bond acceptors (Lipinski definition) is 2. The Kier molecular flexibility index (Phi) is 9.17. The third kappa shape index (κ3) is 6.88. The van der Waals surface area contributed by atoms with Crippen molar-refractivity contribution in [3.8, 4) is 0 Å². The normalized spacial score (nSPS) is 23.2. The second kappa shape index (κ2) is 10.4. The van der Waals surface area contributed by atoms with Crippen molar-refractivity contribution in [3.05, 3.63) is 0 Å². The molecule has 0 aromatic heterocycles. The molecule has 1 aliphatic rings. The fourth-order valence-corrected chi connectivity index (χ4v) is 3.46. The van der Waals surface area contributed by atoms with Gasteiger partial charge in [0.25, 0.3) is 0 Å². The minimum atomic E-state index is 0.337. The number of ketones is 1. The van der Waals surface area contributed by atoms with E-state index in [1.165, 1.54) is 38.5 Å². The minimum Gasteiger partial charge on any atom is -0.385 e. The van der Waals surface area contributed by atoms with Crippen LogP contribution in [-0.2, 0) is 9.53 Å². The average molecular weight is 282 g/mol. The number of unbranched alkanes of at least 4 members (excludes halogenated alkanes) is 2. The van der Waals surface area contributed by atoms with Crippen LogP contribution in [-0.4, -0.2) is 19.5 Å². The van der Waals surface area contributed by atoms with E-state index in [-0.39, 0.29) is 0 Å². The van der Waals surface area contributed by atoms with Crippen molar-refractivity contribution in [1.82, 2.24) is 0 Å². The summed E-state index contributed by atoms with van der Waals surface area (Å²) in [5.41, 5.74) is 0. The topological polar surface area (TPSA) is 26.3 Å². The van der Waals surface area contributed by atoms with Crippen molar-refractivity contribution in [2.75, 3.05) is 13.7 Å². The van der Waals surface area contributed by atoms with Gasteiger partial charge in [-0.15, -0.1) is 0 Å². The van der Waals surface area contributed by atoms with E-state index in [9.17, 15) is 4.79 Å². The highest BCUT2D eigenvalue weighted by Crippen LogP contribution is 2.34. The highest BCUT2D eigenvalue weighted by atomic mass is 16.5. The first kappa shape index (κ1) is 17.7. The molecule has 1 fully saturated rings. The molecule has 0 aliphatic heterocycles. The maximum atomic E-state index is 12.4. The van der Waals surface area contributed by atoms with E-state index in [2.05, 4.69) is 13.8 Å². The Morgan fingerprint density at radius 1 is 1.15 bits per heavy atom.